The molecule has 0 fully saturated rings. The number of para-hydroxylation sites is 1. The average molecular weight is 642 g/mol. The first-order chi connectivity index (χ1) is 16.6. The fourth-order valence-corrected chi connectivity index (χ4v) is 4.11. The first-order valence-corrected chi connectivity index (χ1v) is 10.8. The molecule has 1 N–H and O–H groups in total. The van der Waals surface area contributed by atoms with Crippen molar-refractivity contribution >= 4 is 38.5 Å². The number of nitrogens with zero attached hydrogens (tertiary/aromatic N) is 5. The number of aromatic hydroxyl groups is 1. The van der Waals surface area contributed by atoms with E-state index >= 15 is 0 Å². The van der Waals surface area contributed by atoms with E-state index in [0.29, 0.717) is 22.7 Å². The number of benzene rings is 2. The third-order valence-corrected chi connectivity index (χ3v) is 5.79. The van der Waals surface area contributed by atoms with Gasteiger partial charge in [0.1, 0.15) is 17.1 Å². The maximum Gasteiger partial charge on any atom is 0.217 e. The summed E-state index contributed by atoms with van der Waals surface area (Å²) in [5, 5.41) is 12.3. The van der Waals surface area contributed by atoms with Gasteiger partial charge < -0.3 is 19.3 Å². The van der Waals surface area contributed by atoms with Gasteiger partial charge in [-0.05, 0) is 29.7 Å². The van der Waals surface area contributed by atoms with Crippen LogP contribution in [-0.4, -0.2) is 38.7 Å². The van der Waals surface area contributed by atoms with E-state index in [0.717, 1.165) is 33.3 Å². The number of ether oxygens (including phenoxy) is 1. The van der Waals surface area contributed by atoms with Crippen LogP contribution in [0, 0.1) is 6.07 Å². The van der Waals surface area contributed by atoms with Crippen molar-refractivity contribution in [1.82, 2.24) is 19.5 Å². The van der Waals surface area contributed by atoms with Crippen LogP contribution in [0.1, 0.15) is 0 Å². The van der Waals surface area contributed by atoms with Gasteiger partial charge in [-0.25, -0.2) is 9.97 Å². The summed E-state index contributed by atoms with van der Waals surface area (Å²) in [6.45, 7) is 0. The van der Waals surface area contributed by atoms with Gasteiger partial charge in [-0.15, -0.1) is 17.5 Å². The zero-order valence-corrected chi connectivity index (χ0v) is 21.2. The zero-order valence-electron chi connectivity index (χ0n) is 18.9. The Kier molecular flexibility index (Phi) is 5.87. The fraction of sp³-hybridized carbons (Fsp3) is 0.0741. The summed E-state index contributed by atoms with van der Waals surface area (Å²) < 4.78 is 8.12. The molecule has 2 aromatic carbocycles. The Balaban J connectivity index is 0.00000253. The van der Waals surface area contributed by atoms with Crippen molar-refractivity contribution in [3.63, 3.8) is 0 Å². The average Bonchev–Trinajstić information content (AvgIpc) is 3.18. The van der Waals surface area contributed by atoms with Gasteiger partial charge in [-0.1, -0.05) is 23.7 Å². The van der Waals surface area contributed by atoms with E-state index < -0.39 is 0 Å². The van der Waals surface area contributed by atoms with Crippen LogP contribution in [0.5, 0.6) is 17.4 Å². The Labute approximate surface area is 215 Å². The molecule has 176 valence electrons. The van der Waals surface area contributed by atoms with Gasteiger partial charge in [0.05, 0.1) is 17.4 Å². The van der Waals surface area contributed by atoms with Gasteiger partial charge in [0.25, 0.3) is 0 Å². The molecule has 8 heteroatoms. The molecule has 35 heavy (non-hydrogen) atoms. The molecule has 0 aliphatic rings. The van der Waals surface area contributed by atoms with Crippen LogP contribution in [-0.2, 0) is 21.1 Å². The first-order valence-electron chi connectivity index (χ1n) is 10.8. The summed E-state index contributed by atoms with van der Waals surface area (Å²) in [6, 6.07) is 24.6. The van der Waals surface area contributed by atoms with Gasteiger partial charge in [0, 0.05) is 64.8 Å². The molecule has 4 heterocycles. The van der Waals surface area contributed by atoms with Crippen LogP contribution in [0.25, 0.3) is 38.7 Å². The maximum absolute atomic E-state index is 10.1. The van der Waals surface area contributed by atoms with Crippen molar-refractivity contribution in [3.8, 4) is 23.2 Å². The molecule has 4 aromatic heterocycles. The minimum Gasteiger partial charge on any atom is -0.506 e. The third kappa shape index (κ3) is 3.98. The van der Waals surface area contributed by atoms with Crippen molar-refractivity contribution in [1.29, 1.82) is 0 Å². The topological polar surface area (TPSA) is 76.3 Å². The predicted octanol–water partition coefficient (Wildman–Crippen LogP) is 5.48. The van der Waals surface area contributed by atoms with Gasteiger partial charge in [-0.2, -0.15) is 6.07 Å². The molecule has 0 spiro atoms. The molecule has 7 nitrogen and oxygen atoms in total. The van der Waals surface area contributed by atoms with Crippen LogP contribution in [0.2, 0.25) is 0 Å². The number of aromatic nitrogens is 4. The van der Waals surface area contributed by atoms with Crippen LogP contribution in [0.3, 0.4) is 0 Å². The molecule has 0 amide bonds. The number of anilines is 1. The summed E-state index contributed by atoms with van der Waals surface area (Å²) in [7, 11) is 3.98. The van der Waals surface area contributed by atoms with Crippen molar-refractivity contribution < 1.29 is 30.9 Å². The summed E-state index contributed by atoms with van der Waals surface area (Å²) >= 11 is 0. The van der Waals surface area contributed by atoms with Crippen molar-refractivity contribution in [2.75, 3.05) is 19.0 Å². The van der Waals surface area contributed by atoms with Crippen molar-refractivity contribution in [3.05, 3.63) is 85.2 Å². The fourth-order valence-electron chi connectivity index (χ4n) is 4.11. The maximum atomic E-state index is 10.1. The number of fused-ring (bicyclic) bond motifs is 4. The van der Waals surface area contributed by atoms with E-state index in [-0.39, 0.29) is 26.8 Å². The van der Waals surface area contributed by atoms with E-state index in [1.165, 1.54) is 6.07 Å². The molecule has 0 aliphatic heterocycles. The molecule has 0 saturated carbocycles. The molecule has 0 aliphatic carbocycles. The monoisotopic (exact) mass is 641 g/mol. The summed E-state index contributed by atoms with van der Waals surface area (Å²) in [6.07, 6.45) is 3.40. The second kappa shape index (κ2) is 9.00. The summed E-state index contributed by atoms with van der Waals surface area (Å²) in [5.41, 5.74) is 3.90. The minimum absolute atomic E-state index is 0. The predicted molar refractivity (Wildman–Crippen MR) is 133 cm³/mol. The second-order valence-corrected chi connectivity index (χ2v) is 8.16. The molecule has 6 aromatic rings. The second-order valence-electron chi connectivity index (χ2n) is 8.16. The van der Waals surface area contributed by atoms with Gasteiger partial charge in [0.15, 0.2) is 0 Å². The Hall–Kier alpha value is -3.96. The minimum atomic E-state index is 0. The Morgan fingerprint density at radius 1 is 0.914 bits per heavy atom. The Morgan fingerprint density at radius 3 is 2.57 bits per heavy atom. The van der Waals surface area contributed by atoms with Crippen molar-refractivity contribution in [2.24, 2.45) is 0 Å². The number of hydrogen-bond acceptors (Lipinski definition) is 6. The molecule has 0 bridgehead atoms. The van der Waals surface area contributed by atoms with Crippen LogP contribution in [0.4, 0.5) is 5.69 Å². The van der Waals surface area contributed by atoms with E-state index in [1.54, 1.807) is 18.3 Å². The molecule has 0 saturated heterocycles. The zero-order chi connectivity index (χ0) is 23.2. The molecule has 0 unspecified atom stereocenters. The van der Waals surface area contributed by atoms with Gasteiger partial charge >= 0.3 is 0 Å². The molecule has 0 radical (unpaired) electrons. The van der Waals surface area contributed by atoms with Crippen LogP contribution >= 0.6 is 0 Å². The van der Waals surface area contributed by atoms with E-state index in [9.17, 15) is 5.11 Å². The van der Waals surface area contributed by atoms with E-state index in [1.807, 2.05) is 61.6 Å². The van der Waals surface area contributed by atoms with Crippen molar-refractivity contribution in [2.45, 2.75) is 0 Å². The van der Waals surface area contributed by atoms with Crippen LogP contribution in [0.15, 0.2) is 79.1 Å². The quantitative estimate of drug-likeness (QED) is 0.257. The number of pyridine rings is 3. The SMILES string of the molecule is CN(C)c1ccc(-n2c3[c-]c(Oc4ccc5nccc(O)c5n4)ccc3c3ccccc32)nc1.[Pt]. The molecule has 6 rings (SSSR count). The summed E-state index contributed by atoms with van der Waals surface area (Å²) in [5.74, 6) is 1.71. The first kappa shape index (κ1) is 22.8. The van der Waals surface area contributed by atoms with Crippen LogP contribution < -0.4 is 9.64 Å². The van der Waals surface area contributed by atoms with E-state index in [2.05, 4.69) is 32.7 Å². The Morgan fingerprint density at radius 2 is 1.77 bits per heavy atom. The van der Waals surface area contributed by atoms with E-state index in [4.69, 9.17) is 9.72 Å². The largest absolute Gasteiger partial charge is 0.506 e. The molecule has 0 atom stereocenters. The standard InChI is InChI=1S/C27H20N5O2.Pt/c1-31(2)17-7-11-25(29-16-17)32-22-6-4-3-5-19(22)20-9-8-18(15-23(20)32)34-26-12-10-21-27(30-26)24(33)13-14-28-21;/h3-14,16H,1-2H3,(H,28,33);/q-1;. The number of hydrogen-bond donors (Lipinski definition) is 1. The molecular weight excluding hydrogens is 621 g/mol. The Bertz CT molecular complexity index is 1680. The van der Waals surface area contributed by atoms with Gasteiger partial charge in [-0.3, -0.25) is 4.98 Å². The molecular formula is C27H20N5O2Pt-. The van der Waals surface area contributed by atoms with Gasteiger partial charge in [0.2, 0.25) is 5.88 Å². The normalized spacial score (nSPS) is 11.0. The smallest absolute Gasteiger partial charge is 0.217 e. The summed E-state index contributed by atoms with van der Waals surface area (Å²) in [4.78, 5) is 15.4. The number of rotatable bonds is 4. The third-order valence-electron chi connectivity index (χ3n) is 5.79.